The maximum Gasteiger partial charge on any atom is 0.278 e. The van der Waals surface area contributed by atoms with Gasteiger partial charge in [-0.3, -0.25) is 10.1 Å². The van der Waals surface area contributed by atoms with Gasteiger partial charge in [-0.05, 0) is 6.07 Å². The Hall–Kier alpha value is -1.80. The Morgan fingerprint density at radius 3 is 2.73 bits per heavy atom. The van der Waals surface area contributed by atoms with Crippen LogP contribution >= 0.6 is 11.6 Å². The number of methoxy groups -OCH3 is 1. The number of nitro benzene ring substituents is 1. The van der Waals surface area contributed by atoms with Crippen molar-refractivity contribution in [2.75, 3.05) is 7.11 Å². The molecule has 0 unspecified atom stereocenters. The maximum atomic E-state index is 10.7. The first-order chi connectivity index (χ1) is 7.13. The van der Waals surface area contributed by atoms with Gasteiger partial charge in [0.2, 0.25) is 0 Å². The molecule has 0 saturated heterocycles. The van der Waals surface area contributed by atoms with Gasteiger partial charge in [0.05, 0.1) is 41.2 Å². The molecule has 0 N–H and O–H groups in total. The highest BCUT2D eigenvalue weighted by molar-refractivity contribution is 6.17. The number of hydrogen-bond acceptors (Lipinski definition) is 4. The van der Waals surface area contributed by atoms with Crippen LogP contribution in [-0.2, 0) is 5.88 Å². The molecule has 0 spiro atoms. The molecule has 1 rings (SSSR count). The molecule has 0 saturated carbocycles. The van der Waals surface area contributed by atoms with Gasteiger partial charge < -0.3 is 4.74 Å². The second-order valence-electron chi connectivity index (χ2n) is 2.68. The van der Waals surface area contributed by atoms with Crippen molar-refractivity contribution < 1.29 is 9.66 Å². The van der Waals surface area contributed by atoms with Crippen LogP contribution in [0.15, 0.2) is 12.1 Å². The van der Waals surface area contributed by atoms with Crippen LogP contribution < -0.4 is 4.74 Å². The summed E-state index contributed by atoms with van der Waals surface area (Å²) >= 11 is 5.56. The molecule has 6 heteroatoms. The summed E-state index contributed by atoms with van der Waals surface area (Å²) in [6, 6.07) is 4.52. The molecule has 0 aromatic heterocycles. The van der Waals surface area contributed by atoms with Gasteiger partial charge in [-0.25, -0.2) is 0 Å². The fourth-order valence-electron chi connectivity index (χ4n) is 1.15. The van der Waals surface area contributed by atoms with Gasteiger partial charge in [-0.2, -0.15) is 5.26 Å². The molecule has 1 aromatic rings. The van der Waals surface area contributed by atoms with Crippen molar-refractivity contribution >= 4 is 17.3 Å². The molecule has 15 heavy (non-hydrogen) atoms. The van der Waals surface area contributed by atoms with E-state index in [1.165, 1.54) is 19.2 Å². The van der Waals surface area contributed by atoms with Gasteiger partial charge in [0.1, 0.15) is 5.75 Å². The summed E-state index contributed by atoms with van der Waals surface area (Å²) in [5.41, 5.74) is 0.182. The molecule has 0 heterocycles. The number of nitrogens with zero attached hydrogens (tertiary/aromatic N) is 2. The Morgan fingerprint density at radius 1 is 1.67 bits per heavy atom. The molecule has 0 aliphatic rings. The average Bonchev–Trinajstić information content (AvgIpc) is 2.26. The summed E-state index contributed by atoms with van der Waals surface area (Å²) < 4.78 is 4.85. The summed E-state index contributed by atoms with van der Waals surface area (Å²) in [4.78, 5) is 10.1. The first-order valence-corrected chi connectivity index (χ1v) is 4.48. The molecule has 0 radical (unpaired) electrons. The molecule has 0 aliphatic carbocycles. The van der Waals surface area contributed by atoms with E-state index in [9.17, 15) is 10.1 Å². The number of nitro groups is 1. The van der Waals surface area contributed by atoms with E-state index in [0.29, 0.717) is 0 Å². The van der Waals surface area contributed by atoms with Gasteiger partial charge in [-0.1, -0.05) is 0 Å². The molecule has 1 aromatic carbocycles. The third kappa shape index (κ3) is 2.17. The summed E-state index contributed by atoms with van der Waals surface area (Å²) in [5, 5.41) is 19.5. The lowest BCUT2D eigenvalue weighted by molar-refractivity contribution is -0.385. The highest BCUT2D eigenvalue weighted by Crippen LogP contribution is 2.29. The Labute approximate surface area is 91.0 Å². The molecule has 5 nitrogen and oxygen atoms in total. The SMILES string of the molecule is COc1cc(C#N)c(CCl)c([N+](=O)[O-])c1. The first-order valence-electron chi connectivity index (χ1n) is 3.95. The predicted molar refractivity (Wildman–Crippen MR) is 53.9 cm³/mol. The fraction of sp³-hybridized carbons (Fsp3) is 0.222. The lowest BCUT2D eigenvalue weighted by atomic mass is 10.1. The third-order valence-electron chi connectivity index (χ3n) is 1.89. The van der Waals surface area contributed by atoms with Crippen LogP contribution in [0.25, 0.3) is 0 Å². The molecule has 78 valence electrons. The Kier molecular flexibility index (Phi) is 3.47. The van der Waals surface area contributed by atoms with E-state index in [1.807, 2.05) is 6.07 Å². The van der Waals surface area contributed by atoms with Crippen molar-refractivity contribution in [1.82, 2.24) is 0 Å². The quantitative estimate of drug-likeness (QED) is 0.450. The number of alkyl halides is 1. The highest BCUT2D eigenvalue weighted by atomic mass is 35.5. The van der Waals surface area contributed by atoms with Crippen molar-refractivity contribution in [3.05, 3.63) is 33.4 Å². The van der Waals surface area contributed by atoms with E-state index in [1.54, 1.807) is 0 Å². The van der Waals surface area contributed by atoms with E-state index >= 15 is 0 Å². The number of halogens is 1. The summed E-state index contributed by atoms with van der Waals surface area (Å²) in [6.07, 6.45) is 0. The zero-order valence-corrected chi connectivity index (χ0v) is 8.61. The van der Waals surface area contributed by atoms with Gasteiger partial charge in [-0.15, -0.1) is 11.6 Å². The van der Waals surface area contributed by atoms with Crippen LogP contribution in [0.5, 0.6) is 5.75 Å². The maximum absolute atomic E-state index is 10.7. The van der Waals surface area contributed by atoms with Crippen molar-refractivity contribution in [2.24, 2.45) is 0 Å². The Balaban J connectivity index is 3.48. The fourth-order valence-corrected chi connectivity index (χ4v) is 1.43. The van der Waals surface area contributed by atoms with Crippen molar-refractivity contribution in [3.8, 4) is 11.8 Å². The number of benzene rings is 1. The van der Waals surface area contributed by atoms with Crippen LogP contribution in [0.1, 0.15) is 11.1 Å². The Morgan fingerprint density at radius 2 is 2.33 bits per heavy atom. The lowest BCUT2D eigenvalue weighted by Crippen LogP contribution is -1.98. The van der Waals surface area contributed by atoms with Crippen molar-refractivity contribution in [3.63, 3.8) is 0 Å². The van der Waals surface area contributed by atoms with Gasteiger partial charge in [0.15, 0.2) is 0 Å². The standard InChI is InChI=1S/C9H7ClN2O3/c1-15-7-2-6(5-11)8(4-10)9(3-7)12(13)14/h2-3H,4H2,1H3. The largest absolute Gasteiger partial charge is 0.496 e. The van der Waals surface area contributed by atoms with Crippen molar-refractivity contribution in [1.29, 1.82) is 5.26 Å². The van der Waals surface area contributed by atoms with Gasteiger partial charge in [0.25, 0.3) is 5.69 Å². The lowest BCUT2D eigenvalue weighted by Gasteiger charge is -2.04. The highest BCUT2D eigenvalue weighted by Gasteiger charge is 2.19. The molecule has 0 bridgehead atoms. The molecule has 0 fully saturated rings. The van der Waals surface area contributed by atoms with E-state index in [-0.39, 0.29) is 28.4 Å². The van der Waals surface area contributed by atoms with Crippen molar-refractivity contribution in [2.45, 2.75) is 5.88 Å². The van der Waals surface area contributed by atoms with Crippen LogP contribution in [0.2, 0.25) is 0 Å². The van der Waals surface area contributed by atoms with Crippen LogP contribution in [0.4, 0.5) is 5.69 Å². The Bertz CT molecular complexity index is 440. The van der Waals surface area contributed by atoms with Crippen LogP contribution in [-0.4, -0.2) is 12.0 Å². The van der Waals surface area contributed by atoms with Gasteiger partial charge in [0, 0.05) is 0 Å². The van der Waals surface area contributed by atoms with E-state index in [4.69, 9.17) is 21.6 Å². The third-order valence-corrected chi connectivity index (χ3v) is 2.15. The molecule has 0 atom stereocenters. The average molecular weight is 227 g/mol. The number of hydrogen-bond donors (Lipinski definition) is 0. The number of nitriles is 1. The molecule has 0 amide bonds. The second-order valence-corrected chi connectivity index (χ2v) is 2.94. The minimum absolute atomic E-state index is 0.0802. The second kappa shape index (κ2) is 4.62. The molecule has 0 aliphatic heterocycles. The summed E-state index contributed by atoms with van der Waals surface area (Å²) in [5.74, 6) is 0.190. The normalized spacial score (nSPS) is 9.40. The smallest absolute Gasteiger partial charge is 0.278 e. The van der Waals surface area contributed by atoms with E-state index < -0.39 is 4.92 Å². The van der Waals surface area contributed by atoms with E-state index in [0.717, 1.165) is 0 Å². The predicted octanol–water partition coefficient (Wildman–Crippen LogP) is 2.21. The summed E-state index contributed by atoms with van der Waals surface area (Å²) in [7, 11) is 1.38. The number of rotatable bonds is 3. The zero-order chi connectivity index (χ0) is 11.4. The first kappa shape index (κ1) is 11.3. The molecular formula is C9H7ClN2O3. The number of ether oxygens (including phenoxy) is 1. The monoisotopic (exact) mass is 226 g/mol. The van der Waals surface area contributed by atoms with Crippen LogP contribution in [0, 0.1) is 21.4 Å². The van der Waals surface area contributed by atoms with Gasteiger partial charge >= 0.3 is 0 Å². The van der Waals surface area contributed by atoms with E-state index in [2.05, 4.69) is 0 Å². The molecular weight excluding hydrogens is 220 g/mol. The summed E-state index contributed by atoms with van der Waals surface area (Å²) in [6.45, 7) is 0. The van der Waals surface area contributed by atoms with Crippen LogP contribution in [0.3, 0.4) is 0 Å². The minimum atomic E-state index is -0.582. The topological polar surface area (TPSA) is 76.2 Å². The minimum Gasteiger partial charge on any atom is -0.496 e. The zero-order valence-electron chi connectivity index (χ0n) is 7.86.